The van der Waals surface area contributed by atoms with E-state index < -0.39 is 0 Å². The highest BCUT2D eigenvalue weighted by Gasteiger charge is 2.34. The zero-order chi connectivity index (χ0) is 14.7. The van der Waals surface area contributed by atoms with Crippen molar-refractivity contribution < 1.29 is 4.42 Å². The highest BCUT2D eigenvalue weighted by molar-refractivity contribution is 6.08. The zero-order valence-electron chi connectivity index (χ0n) is 12.8. The van der Waals surface area contributed by atoms with Crippen LogP contribution < -0.4 is 0 Å². The van der Waals surface area contributed by atoms with Gasteiger partial charge in [0.2, 0.25) is 0 Å². The molecule has 1 fully saturated rings. The third-order valence-corrected chi connectivity index (χ3v) is 5.49. The minimum atomic E-state index is 0.605. The summed E-state index contributed by atoms with van der Waals surface area (Å²) in [6.07, 6.45) is 6.21. The van der Waals surface area contributed by atoms with Gasteiger partial charge in [-0.3, -0.25) is 4.90 Å². The minimum absolute atomic E-state index is 0.605. The number of likely N-dealkylation sites (N-methyl/N-ethyl adjacent to an activating group) is 1. The van der Waals surface area contributed by atoms with Crippen molar-refractivity contribution in [2.75, 3.05) is 7.05 Å². The van der Waals surface area contributed by atoms with Crippen LogP contribution in [0.1, 0.15) is 24.8 Å². The minimum Gasteiger partial charge on any atom is -0.455 e. The predicted octanol–water partition coefficient (Wildman–Crippen LogP) is 4.84. The fourth-order valence-corrected chi connectivity index (χ4v) is 4.24. The molecule has 1 saturated heterocycles. The Morgan fingerprint density at radius 2 is 1.86 bits per heavy atom. The van der Waals surface area contributed by atoms with Gasteiger partial charge in [-0.2, -0.15) is 0 Å². The number of rotatable bonds is 1. The first kappa shape index (κ1) is 12.5. The Morgan fingerprint density at radius 3 is 2.77 bits per heavy atom. The van der Waals surface area contributed by atoms with E-state index in [1.54, 1.807) is 0 Å². The van der Waals surface area contributed by atoms with Crippen molar-refractivity contribution in [3.8, 4) is 0 Å². The van der Waals surface area contributed by atoms with Crippen molar-refractivity contribution in [1.82, 2.24) is 4.90 Å². The van der Waals surface area contributed by atoms with Crippen molar-refractivity contribution in [3.63, 3.8) is 0 Å². The summed E-state index contributed by atoms with van der Waals surface area (Å²) in [5.74, 6) is 0. The second-order valence-electron chi connectivity index (χ2n) is 6.64. The second-order valence-corrected chi connectivity index (χ2v) is 6.64. The number of fused-ring (bicyclic) bond motifs is 5. The molecular weight excluding hydrogens is 270 g/mol. The quantitative estimate of drug-likeness (QED) is 0.637. The van der Waals surface area contributed by atoms with Crippen LogP contribution in [0.2, 0.25) is 0 Å². The average Bonchev–Trinajstić information content (AvgIpc) is 2.99. The first-order chi connectivity index (χ1) is 10.8. The van der Waals surface area contributed by atoms with Crippen LogP contribution in [0.25, 0.3) is 27.5 Å². The standard InChI is InChI=1S/C20H19NO/c1-21-14-9-10-15(21)12-13(11-14)16-6-4-7-18-17-5-2-3-8-19(17)22-20(16)18/h2-8,11,14-15H,9-10,12H2,1H3. The van der Waals surface area contributed by atoms with Gasteiger partial charge in [-0.15, -0.1) is 0 Å². The molecule has 3 heterocycles. The molecule has 110 valence electrons. The smallest absolute Gasteiger partial charge is 0.142 e. The molecule has 0 aliphatic carbocycles. The topological polar surface area (TPSA) is 16.4 Å². The lowest BCUT2D eigenvalue weighted by Gasteiger charge is -2.30. The second kappa shape index (κ2) is 4.47. The molecule has 0 saturated carbocycles. The number of hydrogen-bond donors (Lipinski definition) is 0. The van der Waals surface area contributed by atoms with Gasteiger partial charge >= 0.3 is 0 Å². The van der Waals surface area contributed by atoms with Crippen LogP contribution in [0, 0.1) is 0 Å². The van der Waals surface area contributed by atoms with Gasteiger partial charge in [0.15, 0.2) is 0 Å². The summed E-state index contributed by atoms with van der Waals surface area (Å²) in [6, 6.07) is 16.2. The molecule has 2 bridgehead atoms. The van der Waals surface area contributed by atoms with Crippen LogP contribution in [-0.4, -0.2) is 24.0 Å². The lowest BCUT2D eigenvalue weighted by atomic mass is 9.94. The Labute approximate surface area is 130 Å². The number of nitrogens with zero attached hydrogens (tertiary/aromatic N) is 1. The molecule has 2 aliphatic rings. The molecular formula is C20H19NO. The van der Waals surface area contributed by atoms with Gasteiger partial charge in [-0.25, -0.2) is 0 Å². The summed E-state index contributed by atoms with van der Waals surface area (Å²) in [5, 5.41) is 2.45. The summed E-state index contributed by atoms with van der Waals surface area (Å²) >= 11 is 0. The van der Waals surface area contributed by atoms with Gasteiger partial charge < -0.3 is 4.42 Å². The molecule has 2 atom stereocenters. The maximum atomic E-state index is 6.20. The van der Waals surface area contributed by atoms with Crippen LogP contribution in [-0.2, 0) is 0 Å². The van der Waals surface area contributed by atoms with Gasteiger partial charge in [0, 0.05) is 28.4 Å². The van der Waals surface area contributed by atoms with E-state index in [1.807, 2.05) is 6.07 Å². The van der Waals surface area contributed by atoms with E-state index in [0.29, 0.717) is 12.1 Å². The molecule has 2 aromatic carbocycles. The zero-order valence-corrected chi connectivity index (χ0v) is 12.8. The largest absolute Gasteiger partial charge is 0.455 e. The number of hydrogen-bond acceptors (Lipinski definition) is 2. The van der Waals surface area contributed by atoms with Crippen LogP contribution in [0.15, 0.2) is 53.0 Å². The number of furan rings is 1. The Bertz CT molecular complexity index is 904. The maximum Gasteiger partial charge on any atom is 0.142 e. The number of benzene rings is 2. The monoisotopic (exact) mass is 289 g/mol. The van der Waals surface area contributed by atoms with Gasteiger partial charge in [0.1, 0.15) is 11.2 Å². The van der Waals surface area contributed by atoms with E-state index in [-0.39, 0.29) is 0 Å². The first-order valence-corrected chi connectivity index (χ1v) is 8.14. The van der Waals surface area contributed by atoms with Gasteiger partial charge in [-0.05, 0) is 37.9 Å². The fraction of sp³-hybridized carbons (Fsp3) is 0.300. The van der Waals surface area contributed by atoms with Crippen LogP contribution in [0.3, 0.4) is 0 Å². The normalized spacial score (nSPS) is 25.0. The maximum absolute atomic E-state index is 6.20. The molecule has 0 spiro atoms. The van der Waals surface area contributed by atoms with E-state index in [2.05, 4.69) is 54.4 Å². The van der Waals surface area contributed by atoms with Crippen LogP contribution in [0.4, 0.5) is 0 Å². The van der Waals surface area contributed by atoms with Gasteiger partial charge in [0.05, 0.1) is 0 Å². The first-order valence-electron chi connectivity index (χ1n) is 8.14. The Hall–Kier alpha value is -2.06. The van der Waals surface area contributed by atoms with E-state index in [9.17, 15) is 0 Å². The molecule has 0 amide bonds. The van der Waals surface area contributed by atoms with Gasteiger partial charge in [0.25, 0.3) is 0 Å². The molecule has 2 unspecified atom stereocenters. The molecule has 2 nitrogen and oxygen atoms in total. The molecule has 0 N–H and O–H groups in total. The third kappa shape index (κ3) is 1.65. The molecule has 22 heavy (non-hydrogen) atoms. The van der Waals surface area contributed by atoms with Crippen molar-refractivity contribution in [1.29, 1.82) is 0 Å². The number of para-hydroxylation sites is 2. The molecule has 2 heteroatoms. The molecule has 1 aromatic heterocycles. The van der Waals surface area contributed by atoms with Crippen LogP contribution in [0.5, 0.6) is 0 Å². The van der Waals surface area contributed by atoms with Gasteiger partial charge in [-0.1, -0.05) is 42.5 Å². The molecule has 2 aliphatic heterocycles. The highest BCUT2D eigenvalue weighted by atomic mass is 16.3. The molecule has 5 rings (SSSR count). The lowest BCUT2D eigenvalue weighted by Crippen LogP contribution is -2.34. The highest BCUT2D eigenvalue weighted by Crippen LogP contribution is 2.41. The SMILES string of the molecule is CN1C2C=C(c3cccc4c3oc3ccccc34)CC1CC2. The van der Waals surface area contributed by atoms with Crippen LogP contribution >= 0.6 is 0 Å². The Morgan fingerprint density at radius 1 is 1.00 bits per heavy atom. The Kier molecular flexibility index (Phi) is 2.53. The summed E-state index contributed by atoms with van der Waals surface area (Å²) in [4.78, 5) is 2.53. The van der Waals surface area contributed by atoms with Crippen molar-refractivity contribution in [2.24, 2.45) is 0 Å². The summed E-state index contributed by atoms with van der Waals surface area (Å²) in [7, 11) is 2.26. The summed E-state index contributed by atoms with van der Waals surface area (Å²) in [6.45, 7) is 0. The van der Waals surface area contributed by atoms with E-state index in [0.717, 1.165) is 17.6 Å². The lowest BCUT2D eigenvalue weighted by molar-refractivity contribution is 0.264. The summed E-state index contributed by atoms with van der Waals surface area (Å²) in [5.41, 5.74) is 4.80. The fourth-order valence-electron chi connectivity index (χ4n) is 4.24. The van der Waals surface area contributed by atoms with E-state index in [1.165, 1.54) is 34.8 Å². The predicted molar refractivity (Wildman–Crippen MR) is 90.9 cm³/mol. The Balaban J connectivity index is 1.74. The third-order valence-electron chi connectivity index (χ3n) is 5.49. The van der Waals surface area contributed by atoms with E-state index >= 15 is 0 Å². The molecule has 0 radical (unpaired) electrons. The van der Waals surface area contributed by atoms with Crippen molar-refractivity contribution >= 4 is 27.5 Å². The molecule has 3 aromatic rings. The summed E-state index contributed by atoms with van der Waals surface area (Å²) < 4.78 is 6.20. The van der Waals surface area contributed by atoms with Crippen molar-refractivity contribution in [2.45, 2.75) is 31.3 Å². The van der Waals surface area contributed by atoms with Crippen molar-refractivity contribution in [3.05, 3.63) is 54.1 Å². The average molecular weight is 289 g/mol. The van der Waals surface area contributed by atoms with E-state index in [4.69, 9.17) is 4.42 Å².